The van der Waals surface area contributed by atoms with Gasteiger partial charge in [-0.05, 0) is 42.8 Å². The van der Waals surface area contributed by atoms with Crippen LogP contribution in [0.25, 0.3) is 0 Å². The zero-order valence-corrected chi connectivity index (χ0v) is 12.9. The van der Waals surface area contributed by atoms with Crippen LogP contribution in [0.3, 0.4) is 0 Å². The predicted octanol–water partition coefficient (Wildman–Crippen LogP) is 3.88. The summed E-state index contributed by atoms with van der Waals surface area (Å²) in [5, 5.41) is 0. The fourth-order valence-corrected chi connectivity index (χ4v) is 2.72. The van der Waals surface area contributed by atoms with Gasteiger partial charge in [0.05, 0.1) is 7.11 Å². The van der Waals surface area contributed by atoms with Crippen LogP contribution in [0, 0.1) is 5.82 Å². The Morgan fingerprint density at radius 3 is 2.65 bits per heavy atom. The third-order valence-corrected chi connectivity index (χ3v) is 4.11. The van der Waals surface area contributed by atoms with Crippen LogP contribution >= 0.6 is 15.9 Å². The highest BCUT2D eigenvalue weighted by atomic mass is 79.9. The summed E-state index contributed by atoms with van der Waals surface area (Å²) >= 11 is 3.53. The Morgan fingerprint density at radius 1 is 1.25 bits per heavy atom. The van der Waals surface area contributed by atoms with E-state index in [2.05, 4.69) is 15.9 Å². The van der Waals surface area contributed by atoms with Gasteiger partial charge in [-0.15, -0.1) is 0 Å². The molecule has 4 heteroatoms. The van der Waals surface area contributed by atoms with E-state index in [0.717, 1.165) is 22.0 Å². The topological polar surface area (TPSA) is 35.2 Å². The molecule has 20 heavy (non-hydrogen) atoms. The molecule has 2 aromatic carbocycles. The molecule has 0 saturated carbocycles. The second-order valence-corrected chi connectivity index (χ2v) is 5.47. The minimum Gasteiger partial charge on any atom is -0.496 e. The molecule has 0 aliphatic heterocycles. The summed E-state index contributed by atoms with van der Waals surface area (Å²) in [4.78, 5) is 0. The van der Waals surface area contributed by atoms with Gasteiger partial charge in [-0.2, -0.15) is 0 Å². The molecule has 1 unspecified atom stereocenters. The van der Waals surface area contributed by atoms with Crippen molar-refractivity contribution in [1.82, 2.24) is 0 Å². The lowest BCUT2D eigenvalue weighted by Gasteiger charge is -2.19. The summed E-state index contributed by atoms with van der Waals surface area (Å²) in [6.45, 7) is 0.432. The van der Waals surface area contributed by atoms with Crippen LogP contribution in [-0.4, -0.2) is 13.7 Å². The zero-order valence-electron chi connectivity index (χ0n) is 11.3. The Hall–Kier alpha value is -1.39. The highest BCUT2D eigenvalue weighted by molar-refractivity contribution is 9.10. The number of hydrogen-bond donors (Lipinski definition) is 1. The molecule has 2 N–H and O–H groups in total. The Labute approximate surface area is 126 Å². The van der Waals surface area contributed by atoms with Crippen molar-refractivity contribution in [1.29, 1.82) is 0 Å². The van der Waals surface area contributed by atoms with Crippen molar-refractivity contribution in [3.05, 3.63) is 63.9 Å². The van der Waals surface area contributed by atoms with Gasteiger partial charge >= 0.3 is 0 Å². The van der Waals surface area contributed by atoms with Crippen LogP contribution < -0.4 is 10.5 Å². The number of nitrogens with two attached hydrogens (primary N) is 1. The van der Waals surface area contributed by atoms with Gasteiger partial charge in [-0.1, -0.05) is 34.1 Å². The predicted molar refractivity (Wildman–Crippen MR) is 82.6 cm³/mol. The summed E-state index contributed by atoms with van der Waals surface area (Å²) < 4.78 is 19.8. The highest BCUT2D eigenvalue weighted by Gasteiger charge is 2.17. The molecule has 1 atom stereocenters. The highest BCUT2D eigenvalue weighted by Crippen LogP contribution is 2.31. The molecule has 2 aromatic rings. The van der Waals surface area contributed by atoms with Crippen molar-refractivity contribution in [2.45, 2.75) is 12.3 Å². The Balaban J connectivity index is 2.33. The molecule has 0 amide bonds. The second-order valence-electron chi connectivity index (χ2n) is 4.61. The number of ether oxygens (including phenoxy) is 1. The van der Waals surface area contributed by atoms with E-state index < -0.39 is 0 Å². The van der Waals surface area contributed by atoms with Gasteiger partial charge < -0.3 is 10.5 Å². The van der Waals surface area contributed by atoms with Gasteiger partial charge in [0.2, 0.25) is 0 Å². The molecule has 0 radical (unpaired) electrons. The molecular weight excluding hydrogens is 321 g/mol. The first-order valence-electron chi connectivity index (χ1n) is 6.42. The van der Waals surface area contributed by atoms with Gasteiger partial charge in [-0.3, -0.25) is 0 Å². The van der Waals surface area contributed by atoms with Crippen molar-refractivity contribution < 1.29 is 9.13 Å². The van der Waals surface area contributed by atoms with Gasteiger partial charge in [-0.25, -0.2) is 4.39 Å². The number of benzene rings is 2. The largest absolute Gasteiger partial charge is 0.496 e. The molecule has 0 aliphatic carbocycles. The third kappa shape index (κ3) is 3.38. The Kier molecular flexibility index (Phi) is 5.15. The van der Waals surface area contributed by atoms with E-state index in [1.165, 1.54) is 12.1 Å². The van der Waals surface area contributed by atoms with E-state index in [1.807, 2.05) is 24.3 Å². The van der Waals surface area contributed by atoms with E-state index in [4.69, 9.17) is 10.5 Å². The van der Waals surface area contributed by atoms with Gasteiger partial charge in [0, 0.05) is 16.0 Å². The van der Waals surface area contributed by atoms with Crippen molar-refractivity contribution in [2.24, 2.45) is 5.73 Å². The fourth-order valence-electron chi connectivity index (χ4n) is 2.27. The van der Waals surface area contributed by atoms with Crippen LogP contribution in [0.4, 0.5) is 4.39 Å². The van der Waals surface area contributed by atoms with Crippen LogP contribution in [0.15, 0.2) is 46.9 Å². The van der Waals surface area contributed by atoms with Crippen LogP contribution in [0.2, 0.25) is 0 Å². The second kappa shape index (κ2) is 6.86. The van der Waals surface area contributed by atoms with Gasteiger partial charge in [0.1, 0.15) is 11.6 Å². The molecule has 0 bridgehead atoms. The SMILES string of the molecule is COc1ccc(F)cc1C(CN)Cc1ccccc1Br. The van der Waals surface area contributed by atoms with Crippen molar-refractivity contribution in [3.63, 3.8) is 0 Å². The van der Waals surface area contributed by atoms with E-state index in [1.54, 1.807) is 13.2 Å². The lowest BCUT2D eigenvalue weighted by Crippen LogP contribution is -2.16. The van der Waals surface area contributed by atoms with Crippen LogP contribution in [0.5, 0.6) is 5.75 Å². The number of halogens is 2. The van der Waals surface area contributed by atoms with Gasteiger partial charge in [0.15, 0.2) is 0 Å². The smallest absolute Gasteiger partial charge is 0.123 e. The average molecular weight is 338 g/mol. The minimum atomic E-state index is -0.272. The molecule has 0 fully saturated rings. The number of hydrogen-bond acceptors (Lipinski definition) is 2. The maximum absolute atomic E-state index is 13.5. The monoisotopic (exact) mass is 337 g/mol. The van der Waals surface area contributed by atoms with Crippen molar-refractivity contribution in [3.8, 4) is 5.75 Å². The number of rotatable bonds is 5. The van der Waals surface area contributed by atoms with E-state index in [0.29, 0.717) is 12.3 Å². The molecular formula is C16H17BrFNO. The molecule has 0 aromatic heterocycles. The van der Waals surface area contributed by atoms with E-state index >= 15 is 0 Å². The summed E-state index contributed by atoms with van der Waals surface area (Å²) in [7, 11) is 1.59. The zero-order chi connectivity index (χ0) is 14.5. The first kappa shape index (κ1) is 15.0. The lowest BCUT2D eigenvalue weighted by atomic mass is 9.91. The Morgan fingerprint density at radius 2 is 2.00 bits per heavy atom. The molecule has 2 rings (SSSR count). The van der Waals surface area contributed by atoms with Crippen LogP contribution in [0.1, 0.15) is 17.0 Å². The molecule has 0 heterocycles. The Bertz CT molecular complexity index is 588. The first-order valence-corrected chi connectivity index (χ1v) is 7.22. The third-order valence-electron chi connectivity index (χ3n) is 3.34. The lowest BCUT2D eigenvalue weighted by molar-refractivity contribution is 0.403. The fraction of sp³-hybridized carbons (Fsp3) is 0.250. The molecule has 0 saturated heterocycles. The first-order chi connectivity index (χ1) is 9.65. The standard InChI is InChI=1S/C16H17BrFNO/c1-20-16-7-6-13(18)9-14(16)12(10-19)8-11-4-2-3-5-15(11)17/h2-7,9,12H,8,10,19H2,1H3. The normalized spacial score (nSPS) is 12.2. The average Bonchev–Trinajstić information content (AvgIpc) is 2.46. The summed E-state index contributed by atoms with van der Waals surface area (Å²) in [5.74, 6) is 0.416. The number of methoxy groups -OCH3 is 1. The van der Waals surface area contributed by atoms with Crippen molar-refractivity contribution in [2.75, 3.05) is 13.7 Å². The molecule has 2 nitrogen and oxygen atoms in total. The minimum absolute atomic E-state index is 0.0133. The summed E-state index contributed by atoms with van der Waals surface area (Å²) in [6, 6.07) is 12.5. The van der Waals surface area contributed by atoms with Gasteiger partial charge in [0.25, 0.3) is 0 Å². The quantitative estimate of drug-likeness (QED) is 0.898. The van der Waals surface area contributed by atoms with E-state index in [-0.39, 0.29) is 11.7 Å². The van der Waals surface area contributed by atoms with Crippen molar-refractivity contribution >= 4 is 15.9 Å². The summed E-state index contributed by atoms with van der Waals surface area (Å²) in [6.07, 6.45) is 0.734. The maximum atomic E-state index is 13.5. The van der Waals surface area contributed by atoms with Crippen LogP contribution in [-0.2, 0) is 6.42 Å². The maximum Gasteiger partial charge on any atom is 0.123 e. The summed E-state index contributed by atoms with van der Waals surface area (Å²) in [5.41, 5.74) is 7.84. The van der Waals surface area contributed by atoms with E-state index in [9.17, 15) is 4.39 Å². The molecule has 0 aliphatic rings. The molecule has 0 spiro atoms. The molecule has 106 valence electrons.